The molecule has 0 spiro atoms. The van der Waals surface area contributed by atoms with Crippen LogP contribution in [0.5, 0.6) is 0 Å². The summed E-state index contributed by atoms with van der Waals surface area (Å²) in [5, 5.41) is 2.57. The molecule has 0 radical (unpaired) electrons. The van der Waals surface area contributed by atoms with Crippen LogP contribution in [0, 0.1) is 0 Å². The van der Waals surface area contributed by atoms with Crippen LogP contribution in [0.1, 0.15) is 27.6 Å². The lowest BCUT2D eigenvalue weighted by Gasteiger charge is -2.29. The molecule has 1 heterocycles. The summed E-state index contributed by atoms with van der Waals surface area (Å²) in [5.41, 5.74) is 3.00. The van der Waals surface area contributed by atoms with Gasteiger partial charge in [0.25, 0.3) is 0 Å². The predicted octanol–water partition coefficient (Wildman–Crippen LogP) is 8.45. The molecule has 0 unspecified atom stereocenters. The standard InChI is InChI=1S/C25H13Cl5N2O2/c1-10-21(32(2)22-9-19(29)18(28)8-20(22)31-10)7-15-23(30)25(34)14-6-12-11(5-13(14)24(15)33)16(26)3-4-17(12)27/h3-9H,1-2H3/b21-7-. The van der Waals surface area contributed by atoms with Gasteiger partial charge < -0.3 is 4.90 Å². The van der Waals surface area contributed by atoms with Crippen molar-refractivity contribution in [1.82, 2.24) is 0 Å². The van der Waals surface area contributed by atoms with Crippen molar-refractivity contribution < 1.29 is 9.59 Å². The summed E-state index contributed by atoms with van der Waals surface area (Å²) in [4.78, 5) is 33.1. The Morgan fingerprint density at radius 3 is 1.97 bits per heavy atom. The molecular weight excluding hydrogens is 538 g/mol. The van der Waals surface area contributed by atoms with Crippen molar-refractivity contribution in [2.75, 3.05) is 11.9 Å². The van der Waals surface area contributed by atoms with Crippen molar-refractivity contribution in [3.05, 3.63) is 90.0 Å². The van der Waals surface area contributed by atoms with Gasteiger partial charge in [0, 0.05) is 44.6 Å². The van der Waals surface area contributed by atoms with E-state index in [9.17, 15) is 9.59 Å². The first-order valence-corrected chi connectivity index (χ1v) is 11.9. The van der Waals surface area contributed by atoms with Crippen LogP contribution < -0.4 is 4.90 Å². The number of Topliss-reactive ketones (excluding diaryl/α,β-unsaturated/α-hetero) is 2. The predicted molar refractivity (Wildman–Crippen MR) is 141 cm³/mol. The Bertz CT molecular complexity index is 1570. The van der Waals surface area contributed by atoms with Crippen molar-refractivity contribution >= 4 is 97.4 Å². The van der Waals surface area contributed by atoms with Crippen molar-refractivity contribution in [3.63, 3.8) is 0 Å². The van der Waals surface area contributed by atoms with E-state index >= 15 is 0 Å². The number of ketones is 2. The van der Waals surface area contributed by atoms with E-state index < -0.39 is 11.6 Å². The minimum absolute atomic E-state index is 0.0663. The zero-order valence-electron chi connectivity index (χ0n) is 17.6. The number of rotatable bonds is 1. The van der Waals surface area contributed by atoms with E-state index in [1.165, 1.54) is 0 Å². The Kier molecular flexibility index (Phi) is 5.78. The summed E-state index contributed by atoms with van der Waals surface area (Å²) in [6.45, 7) is 1.79. The Labute approximate surface area is 220 Å². The van der Waals surface area contributed by atoms with Gasteiger partial charge in [0.05, 0.1) is 37.9 Å². The Morgan fingerprint density at radius 1 is 0.794 bits per heavy atom. The van der Waals surface area contributed by atoms with Crippen molar-refractivity contribution in [3.8, 4) is 0 Å². The summed E-state index contributed by atoms with van der Waals surface area (Å²) >= 11 is 31.4. The zero-order chi connectivity index (χ0) is 24.5. The third kappa shape index (κ3) is 3.57. The fourth-order valence-electron chi connectivity index (χ4n) is 4.14. The number of halogens is 5. The molecule has 3 aromatic carbocycles. The maximum atomic E-state index is 13.5. The first-order chi connectivity index (χ1) is 16.1. The van der Waals surface area contributed by atoms with Crippen LogP contribution in [0.3, 0.4) is 0 Å². The topological polar surface area (TPSA) is 49.7 Å². The molecule has 0 bridgehead atoms. The van der Waals surface area contributed by atoms with Gasteiger partial charge in [-0.2, -0.15) is 0 Å². The van der Waals surface area contributed by atoms with E-state index in [2.05, 4.69) is 4.99 Å². The Balaban J connectivity index is 1.67. The summed E-state index contributed by atoms with van der Waals surface area (Å²) < 4.78 is 0. The number of carbonyl (C=O) groups is 2. The molecule has 1 aliphatic carbocycles. The number of carbonyl (C=O) groups excluding carboxylic acids is 2. The van der Waals surface area contributed by atoms with Gasteiger partial charge in [-0.1, -0.05) is 58.0 Å². The maximum absolute atomic E-state index is 13.5. The van der Waals surface area contributed by atoms with Crippen molar-refractivity contribution in [2.45, 2.75) is 6.92 Å². The normalized spacial score (nSPS) is 16.9. The number of aliphatic imine (C=N–C) groups is 1. The van der Waals surface area contributed by atoms with Gasteiger partial charge in [-0.25, -0.2) is 4.99 Å². The third-order valence-corrected chi connectivity index (χ3v) is 7.65. The minimum Gasteiger partial charge on any atom is -0.341 e. The number of allylic oxidation sites excluding steroid dienone is 4. The number of benzene rings is 3. The number of nitrogens with zero attached hydrogens (tertiary/aromatic N) is 2. The molecule has 0 N–H and O–H groups in total. The highest BCUT2D eigenvalue weighted by Gasteiger charge is 2.33. The lowest BCUT2D eigenvalue weighted by Crippen LogP contribution is -2.26. The fourth-order valence-corrected chi connectivity index (χ4v) is 5.14. The molecule has 5 rings (SSSR count). The van der Waals surface area contributed by atoms with E-state index in [0.29, 0.717) is 53.6 Å². The second kappa shape index (κ2) is 8.40. The zero-order valence-corrected chi connectivity index (χ0v) is 21.4. The highest BCUT2D eigenvalue weighted by Crippen LogP contribution is 2.42. The molecule has 0 fully saturated rings. The SMILES string of the molecule is CC1=Nc2cc(Cl)c(Cl)cc2N(C)/C1=C\C1=C(Cl)C(=O)c2cc3c(Cl)ccc(Cl)c3cc2C1=O. The summed E-state index contributed by atoms with van der Waals surface area (Å²) in [6.07, 6.45) is 1.57. The average Bonchev–Trinajstić information content (AvgIpc) is 2.80. The monoisotopic (exact) mass is 548 g/mol. The summed E-state index contributed by atoms with van der Waals surface area (Å²) in [6, 6.07) is 9.80. The van der Waals surface area contributed by atoms with Crippen molar-refractivity contribution in [1.29, 1.82) is 0 Å². The third-order valence-electron chi connectivity index (χ3n) is 5.90. The smallest absolute Gasteiger partial charge is 0.205 e. The molecule has 0 saturated heterocycles. The van der Waals surface area contributed by atoms with Gasteiger partial charge in [0.1, 0.15) is 0 Å². The van der Waals surface area contributed by atoms with E-state index in [4.69, 9.17) is 58.0 Å². The van der Waals surface area contributed by atoms with Gasteiger partial charge in [0.15, 0.2) is 5.78 Å². The van der Waals surface area contributed by atoms with Crippen LogP contribution in [0.2, 0.25) is 20.1 Å². The van der Waals surface area contributed by atoms with E-state index in [1.54, 1.807) is 56.4 Å². The fraction of sp³-hybridized carbons (Fsp3) is 0.0800. The molecule has 2 aliphatic rings. The first-order valence-electron chi connectivity index (χ1n) is 9.99. The summed E-state index contributed by atoms with van der Waals surface area (Å²) in [7, 11) is 1.81. The molecule has 1 aliphatic heterocycles. The summed E-state index contributed by atoms with van der Waals surface area (Å²) in [5.74, 6) is -0.865. The van der Waals surface area contributed by atoms with Gasteiger partial charge in [0.2, 0.25) is 5.78 Å². The van der Waals surface area contributed by atoms with Crippen LogP contribution in [0.25, 0.3) is 10.8 Å². The molecule has 3 aromatic rings. The molecule has 4 nitrogen and oxygen atoms in total. The van der Waals surface area contributed by atoms with E-state index in [0.717, 1.165) is 0 Å². The van der Waals surface area contributed by atoms with Crippen LogP contribution in [0.15, 0.2) is 63.8 Å². The molecule has 0 amide bonds. The molecular formula is C25H13Cl5N2O2. The van der Waals surface area contributed by atoms with Gasteiger partial charge in [-0.15, -0.1) is 0 Å². The number of anilines is 1. The Hall–Kier alpha value is -2.34. The van der Waals surface area contributed by atoms with Gasteiger partial charge in [-0.05, 0) is 49.4 Å². The molecule has 9 heteroatoms. The second-order valence-corrected chi connectivity index (χ2v) is 9.91. The second-order valence-electron chi connectivity index (χ2n) is 7.90. The molecule has 34 heavy (non-hydrogen) atoms. The molecule has 170 valence electrons. The van der Waals surface area contributed by atoms with Gasteiger partial charge in [-0.3, -0.25) is 9.59 Å². The highest BCUT2D eigenvalue weighted by molar-refractivity contribution is 6.51. The van der Waals surface area contributed by atoms with Crippen LogP contribution in [-0.2, 0) is 0 Å². The first kappa shape index (κ1) is 23.4. The molecule has 0 saturated carbocycles. The van der Waals surface area contributed by atoms with Crippen LogP contribution in [-0.4, -0.2) is 24.3 Å². The van der Waals surface area contributed by atoms with E-state index in [1.807, 2.05) is 4.90 Å². The van der Waals surface area contributed by atoms with Gasteiger partial charge >= 0.3 is 0 Å². The lowest BCUT2D eigenvalue weighted by atomic mass is 9.86. The van der Waals surface area contributed by atoms with Crippen molar-refractivity contribution in [2.24, 2.45) is 4.99 Å². The minimum atomic E-state index is -0.468. The average molecular weight is 551 g/mol. The Morgan fingerprint density at radius 2 is 1.35 bits per heavy atom. The highest BCUT2D eigenvalue weighted by atomic mass is 35.5. The lowest BCUT2D eigenvalue weighted by molar-refractivity contribution is 0.0984. The number of hydrogen-bond donors (Lipinski definition) is 0. The van der Waals surface area contributed by atoms with Crippen LogP contribution in [0.4, 0.5) is 11.4 Å². The maximum Gasteiger partial charge on any atom is 0.205 e. The number of fused-ring (bicyclic) bond motifs is 3. The van der Waals surface area contributed by atoms with E-state index in [-0.39, 0.29) is 21.7 Å². The number of hydrogen-bond acceptors (Lipinski definition) is 4. The quantitative estimate of drug-likeness (QED) is 0.305. The van der Waals surface area contributed by atoms with Crippen LogP contribution >= 0.6 is 58.0 Å². The molecule has 0 aromatic heterocycles. The largest absolute Gasteiger partial charge is 0.341 e. The molecule has 0 atom stereocenters.